The first kappa shape index (κ1) is 15.4. The van der Waals surface area contributed by atoms with Gasteiger partial charge in [0.25, 0.3) is 0 Å². The van der Waals surface area contributed by atoms with Gasteiger partial charge in [-0.15, -0.1) is 0 Å². The first-order valence-corrected chi connectivity index (χ1v) is 7.58. The Hall–Kier alpha value is -2.50. The Kier molecular flexibility index (Phi) is 3.98. The van der Waals surface area contributed by atoms with E-state index < -0.39 is 0 Å². The second-order valence-corrected chi connectivity index (χ2v) is 5.92. The van der Waals surface area contributed by atoms with Gasteiger partial charge in [-0.2, -0.15) is 5.10 Å². The van der Waals surface area contributed by atoms with E-state index in [1.54, 1.807) is 14.2 Å². The molecule has 0 amide bonds. The summed E-state index contributed by atoms with van der Waals surface area (Å²) in [4.78, 5) is 0. The van der Waals surface area contributed by atoms with Crippen LogP contribution in [0.1, 0.15) is 24.6 Å². The lowest BCUT2D eigenvalue weighted by molar-refractivity contribution is 0.316. The number of benzene rings is 1. The zero-order valence-electron chi connectivity index (χ0n) is 13.8. The summed E-state index contributed by atoms with van der Waals surface area (Å²) in [5.74, 6) is 1.75. The van der Waals surface area contributed by atoms with Crippen LogP contribution in [0, 0.1) is 5.92 Å². The first-order valence-electron chi connectivity index (χ1n) is 7.58. The lowest BCUT2D eigenvalue weighted by atomic mass is 9.85. The molecule has 2 aromatic rings. The minimum absolute atomic E-state index is 0.432. The fourth-order valence-electron chi connectivity index (χ4n) is 3.21. The molecule has 1 atom stereocenters. The molecular formula is C17H21N3O3. The molecule has 0 spiro atoms. The third-order valence-electron chi connectivity index (χ3n) is 4.32. The summed E-state index contributed by atoms with van der Waals surface area (Å²) in [6, 6.07) is 5.70. The smallest absolute Gasteiger partial charge is 0.161 e. The van der Waals surface area contributed by atoms with Crippen molar-refractivity contribution < 1.29 is 14.7 Å². The van der Waals surface area contributed by atoms with Crippen molar-refractivity contribution in [1.82, 2.24) is 9.78 Å². The number of oxime groups is 1. The molecule has 6 heteroatoms. The minimum atomic E-state index is 0.432. The minimum Gasteiger partial charge on any atom is -0.493 e. The molecule has 1 aromatic carbocycles. The second-order valence-electron chi connectivity index (χ2n) is 5.92. The number of hydrogen-bond donors (Lipinski definition) is 1. The summed E-state index contributed by atoms with van der Waals surface area (Å²) >= 11 is 0. The fourth-order valence-corrected chi connectivity index (χ4v) is 3.21. The van der Waals surface area contributed by atoms with Crippen LogP contribution in [-0.2, 0) is 13.5 Å². The molecule has 23 heavy (non-hydrogen) atoms. The third kappa shape index (κ3) is 2.54. The van der Waals surface area contributed by atoms with Crippen LogP contribution in [0.5, 0.6) is 11.5 Å². The van der Waals surface area contributed by atoms with Crippen molar-refractivity contribution in [2.24, 2.45) is 18.1 Å². The lowest BCUT2D eigenvalue weighted by Crippen LogP contribution is -2.20. The Morgan fingerprint density at radius 3 is 2.61 bits per heavy atom. The highest BCUT2D eigenvalue weighted by molar-refractivity contribution is 6.07. The number of aryl methyl sites for hydroxylation is 1. The van der Waals surface area contributed by atoms with Crippen LogP contribution in [0.15, 0.2) is 23.4 Å². The summed E-state index contributed by atoms with van der Waals surface area (Å²) in [6.45, 7) is 2.15. The van der Waals surface area contributed by atoms with E-state index in [-0.39, 0.29) is 0 Å². The van der Waals surface area contributed by atoms with Crippen LogP contribution in [-0.4, -0.2) is 34.9 Å². The average Bonchev–Trinajstić information content (AvgIpc) is 2.90. The molecule has 0 saturated carbocycles. The number of hydrogen-bond acceptors (Lipinski definition) is 5. The molecule has 3 rings (SSSR count). The molecule has 0 bridgehead atoms. The van der Waals surface area contributed by atoms with Gasteiger partial charge in [-0.3, -0.25) is 4.68 Å². The quantitative estimate of drug-likeness (QED) is 0.698. The predicted molar refractivity (Wildman–Crippen MR) is 87.6 cm³/mol. The number of aromatic nitrogens is 2. The molecule has 0 aliphatic heterocycles. The molecule has 0 unspecified atom stereocenters. The molecule has 1 aromatic heterocycles. The van der Waals surface area contributed by atoms with Crippen molar-refractivity contribution in [1.29, 1.82) is 0 Å². The highest BCUT2D eigenvalue weighted by atomic mass is 16.5. The fraction of sp³-hybridized carbons (Fsp3) is 0.412. The van der Waals surface area contributed by atoms with Crippen LogP contribution >= 0.6 is 0 Å². The Morgan fingerprint density at radius 2 is 1.96 bits per heavy atom. The normalized spacial score (nSPS) is 18.8. The van der Waals surface area contributed by atoms with Crippen molar-refractivity contribution in [3.8, 4) is 22.8 Å². The molecule has 6 nitrogen and oxygen atoms in total. The maximum Gasteiger partial charge on any atom is 0.161 e. The summed E-state index contributed by atoms with van der Waals surface area (Å²) in [7, 11) is 5.14. The SMILES string of the molecule is COc1ccc(-c2nn(C)c3c2/C(=N\O)C[C@H](C)C3)cc1OC. The van der Waals surface area contributed by atoms with Crippen molar-refractivity contribution in [3.05, 3.63) is 29.5 Å². The van der Waals surface area contributed by atoms with E-state index >= 15 is 0 Å². The van der Waals surface area contributed by atoms with Crippen LogP contribution in [0.4, 0.5) is 0 Å². The maximum absolute atomic E-state index is 9.43. The van der Waals surface area contributed by atoms with Gasteiger partial charge in [0.1, 0.15) is 5.69 Å². The van der Waals surface area contributed by atoms with Gasteiger partial charge in [-0.1, -0.05) is 12.1 Å². The Morgan fingerprint density at radius 1 is 1.22 bits per heavy atom. The van der Waals surface area contributed by atoms with Crippen molar-refractivity contribution in [2.75, 3.05) is 14.2 Å². The highest BCUT2D eigenvalue weighted by Crippen LogP contribution is 2.37. The summed E-state index contributed by atoms with van der Waals surface area (Å²) < 4.78 is 12.5. The maximum atomic E-state index is 9.43. The molecule has 0 fully saturated rings. The number of fused-ring (bicyclic) bond motifs is 1. The van der Waals surface area contributed by atoms with Gasteiger partial charge in [-0.25, -0.2) is 0 Å². The number of nitrogens with zero attached hydrogens (tertiary/aromatic N) is 3. The lowest BCUT2D eigenvalue weighted by Gasteiger charge is -2.20. The van der Waals surface area contributed by atoms with Crippen LogP contribution < -0.4 is 9.47 Å². The van der Waals surface area contributed by atoms with Gasteiger partial charge in [-0.05, 0) is 37.0 Å². The molecule has 1 N–H and O–H groups in total. The van der Waals surface area contributed by atoms with Crippen molar-refractivity contribution in [2.45, 2.75) is 19.8 Å². The van der Waals surface area contributed by atoms with E-state index in [4.69, 9.17) is 9.47 Å². The monoisotopic (exact) mass is 315 g/mol. The number of methoxy groups -OCH3 is 2. The van der Waals surface area contributed by atoms with Crippen molar-refractivity contribution in [3.63, 3.8) is 0 Å². The van der Waals surface area contributed by atoms with Gasteiger partial charge in [0.05, 0.1) is 19.9 Å². The zero-order valence-corrected chi connectivity index (χ0v) is 13.8. The highest BCUT2D eigenvalue weighted by Gasteiger charge is 2.29. The van der Waals surface area contributed by atoms with Crippen LogP contribution in [0.3, 0.4) is 0 Å². The standard InChI is InChI=1S/C17H21N3O3/c1-10-7-12(19-21)16-13(8-10)20(2)18-17(16)11-5-6-14(22-3)15(9-11)23-4/h5-6,9-10,21H,7-8H2,1-4H3/b19-12-/t10-/m0/s1. The molecular weight excluding hydrogens is 294 g/mol. The van der Waals surface area contributed by atoms with Crippen LogP contribution in [0.2, 0.25) is 0 Å². The van der Waals surface area contributed by atoms with Gasteiger partial charge in [0.2, 0.25) is 0 Å². The Balaban J connectivity index is 2.17. The van der Waals surface area contributed by atoms with Gasteiger partial charge < -0.3 is 14.7 Å². The van der Waals surface area contributed by atoms with E-state index in [9.17, 15) is 5.21 Å². The largest absolute Gasteiger partial charge is 0.493 e. The summed E-state index contributed by atoms with van der Waals surface area (Å²) in [5.41, 5.74) is 4.44. The molecule has 122 valence electrons. The van der Waals surface area contributed by atoms with Gasteiger partial charge in [0, 0.05) is 23.9 Å². The number of rotatable bonds is 3. The third-order valence-corrected chi connectivity index (χ3v) is 4.32. The van der Waals surface area contributed by atoms with Crippen molar-refractivity contribution >= 4 is 5.71 Å². The molecule has 1 aliphatic carbocycles. The average molecular weight is 315 g/mol. The molecule has 1 aliphatic rings. The van der Waals surface area contributed by atoms with Gasteiger partial charge >= 0.3 is 0 Å². The zero-order chi connectivity index (χ0) is 16.6. The van der Waals surface area contributed by atoms with E-state index in [1.807, 2.05) is 29.9 Å². The summed E-state index contributed by atoms with van der Waals surface area (Å²) in [6.07, 6.45) is 1.67. The Bertz CT molecular complexity index is 765. The molecule has 0 saturated heterocycles. The number of ether oxygens (including phenoxy) is 2. The topological polar surface area (TPSA) is 68.9 Å². The van der Waals surface area contributed by atoms with E-state index in [0.717, 1.165) is 35.4 Å². The van der Waals surface area contributed by atoms with E-state index in [0.29, 0.717) is 23.1 Å². The predicted octanol–water partition coefficient (Wildman–Crippen LogP) is 2.86. The van der Waals surface area contributed by atoms with Crippen LogP contribution in [0.25, 0.3) is 11.3 Å². The van der Waals surface area contributed by atoms with E-state index in [1.165, 1.54) is 0 Å². The first-order chi connectivity index (χ1) is 11.1. The van der Waals surface area contributed by atoms with E-state index in [2.05, 4.69) is 17.2 Å². The Labute approximate surface area is 135 Å². The molecule has 0 radical (unpaired) electrons. The summed E-state index contributed by atoms with van der Waals surface area (Å²) in [5, 5.41) is 17.6. The van der Waals surface area contributed by atoms with Gasteiger partial charge in [0.15, 0.2) is 11.5 Å². The second kappa shape index (κ2) is 5.95. The molecule has 1 heterocycles.